The monoisotopic (exact) mass is 229 g/mol. The molecule has 16 heavy (non-hydrogen) atoms. The van der Waals surface area contributed by atoms with E-state index in [1.54, 1.807) is 0 Å². The number of hydrogen-bond donors (Lipinski definition) is 1. The second-order valence-electron chi connectivity index (χ2n) is 4.96. The maximum atomic E-state index is 5.56. The fourth-order valence-electron chi connectivity index (χ4n) is 1.57. The van der Waals surface area contributed by atoms with Gasteiger partial charge in [-0.15, -0.1) is 0 Å². The van der Waals surface area contributed by atoms with Crippen molar-refractivity contribution in [3.05, 3.63) is 0 Å². The smallest absolute Gasteiger partial charge is 0.0590 e. The molecular formula is C14H31NO. The van der Waals surface area contributed by atoms with Crippen LogP contribution in [0.3, 0.4) is 0 Å². The zero-order chi connectivity index (χ0) is 12.1. The van der Waals surface area contributed by atoms with Gasteiger partial charge in [-0.25, -0.2) is 0 Å². The summed E-state index contributed by atoms with van der Waals surface area (Å²) in [5.74, 6) is 0.798. The molecular weight excluding hydrogens is 198 g/mol. The van der Waals surface area contributed by atoms with Crippen LogP contribution in [0.25, 0.3) is 0 Å². The first kappa shape index (κ1) is 15.9. The van der Waals surface area contributed by atoms with Gasteiger partial charge in [-0.1, -0.05) is 46.5 Å². The van der Waals surface area contributed by atoms with E-state index in [0.717, 1.165) is 32.2 Å². The standard InChI is InChI=1S/C14H31NO/c1-4-5-6-7-8-12-16-13-11-15-10-9-14(2)3/h14-15H,4-13H2,1-3H3. The second-order valence-corrected chi connectivity index (χ2v) is 4.96. The number of ether oxygens (including phenoxy) is 1. The predicted molar refractivity (Wildman–Crippen MR) is 71.9 cm³/mol. The van der Waals surface area contributed by atoms with Crippen molar-refractivity contribution in [1.82, 2.24) is 5.32 Å². The minimum Gasteiger partial charge on any atom is -0.380 e. The van der Waals surface area contributed by atoms with Crippen molar-refractivity contribution >= 4 is 0 Å². The highest BCUT2D eigenvalue weighted by molar-refractivity contribution is 4.50. The molecule has 2 heteroatoms. The van der Waals surface area contributed by atoms with E-state index in [1.165, 1.54) is 38.5 Å². The van der Waals surface area contributed by atoms with E-state index in [0.29, 0.717) is 0 Å². The van der Waals surface area contributed by atoms with Gasteiger partial charge in [0.05, 0.1) is 6.61 Å². The van der Waals surface area contributed by atoms with Gasteiger partial charge < -0.3 is 10.1 Å². The summed E-state index contributed by atoms with van der Waals surface area (Å²) in [7, 11) is 0. The minimum atomic E-state index is 0.798. The zero-order valence-corrected chi connectivity index (χ0v) is 11.6. The molecule has 1 N–H and O–H groups in total. The van der Waals surface area contributed by atoms with Crippen LogP contribution in [0, 0.1) is 5.92 Å². The molecule has 0 unspecified atom stereocenters. The van der Waals surface area contributed by atoms with Crippen molar-refractivity contribution in [2.75, 3.05) is 26.3 Å². The Labute approximate surface area is 102 Å². The molecule has 0 spiro atoms. The van der Waals surface area contributed by atoms with Crippen LogP contribution in [0.1, 0.15) is 59.3 Å². The number of hydrogen-bond acceptors (Lipinski definition) is 2. The Bertz CT molecular complexity index is 126. The lowest BCUT2D eigenvalue weighted by atomic mass is 10.1. The molecule has 0 radical (unpaired) electrons. The molecule has 0 aromatic heterocycles. The molecule has 0 rings (SSSR count). The van der Waals surface area contributed by atoms with Crippen LogP contribution in [-0.4, -0.2) is 26.3 Å². The Balaban J connectivity index is 2.88. The van der Waals surface area contributed by atoms with E-state index in [4.69, 9.17) is 4.74 Å². The molecule has 0 aromatic rings. The fourth-order valence-corrected chi connectivity index (χ4v) is 1.57. The van der Waals surface area contributed by atoms with Gasteiger partial charge in [-0.2, -0.15) is 0 Å². The Morgan fingerprint density at radius 1 is 0.938 bits per heavy atom. The molecule has 2 nitrogen and oxygen atoms in total. The van der Waals surface area contributed by atoms with Gasteiger partial charge in [0.1, 0.15) is 0 Å². The summed E-state index contributed by atoms with van der Waals surface area (Å²) in [5.41, 5.74) is 0. The third-order valence-electron chi connectivity index (χ3n) is 2.71. The first-order valence-corrected chi connectivity index (χ1v) is 7.05. The van der Waals surface area contributed by atoms with Gasteiger partial charge >= 0.3 is 0 Å². The van der Waals surface area contributed by atoms with Gasteiger partial charge in [0.25, 0.3) is 0 Å². The minimum absolute atomic E-state index is 0.798. The summed E-state index contributed by atoms with van der Waals surface area (Å²) in [4.78, 5) is 0. The van der Waals surface area contributed by atoms with Crippen molar-refractivity contribution in [3.8, 4) is 0 Å². The molecule has 0 aliphatic heterocycles. The molecule has 0 aliphatic rings. The SMILES string of the molecule is CCCCCCCOCCNCCC(C)C. The highest BCUT2D eigenvalue weighted by atomic mass is 16.5. The van der Waals surface area contributed by atoms with Crippen LogP contribution in [-0.2, 0) is 4.74 Å². The van der Waals surface area contributed by atoms with Gasteiger partial charge in [0.15, 0.2) is 0 Å². The van der Waals surface area contributed by atoms with Crippen molar-refractivity contribution in [2.45, 2.75) is 59.3 Å². The first-order chi connectivity index (χ1) is 7.77. The molecule has 0 saturated carbocycles. The summed E-state index contributed by atoms with van der Waals surface area (Å²) in [5, 5.41) is 3.40. The lowest BCUT2D eigenvalue weighted by Gasteiger charge is -2.07. The molecule has 0 saturated heterocycles. The maximum absolute atomic E-state index is 5.56. The quantitative estimate of drug-likeness (QED) is 0.516. The molecule has 0 fully saturated rings. The lowest BCUT2D eigenvalue weighted by Crippen LogP contribution is -2.22. The molecule has 0 atom stereocenters. The Morgan fingerprint density at radius 3 is 2.38 bits per heavy atom. The van der Waals surface area contributed by atoms with Crippen molar-refractivity contribution in [3.63, 3.8) is 0 Å². The van der Waals surface area contributed by atoms with Crippen LogP contribution in [0.15, 0.2) is 0 Å². The maximum Gasteiger partial charge on any atom is 0.0590 e. The van der Waals surface area contributed by atoms with Crippen LogP contribution in [0.4, 0.5) is 0 Å². The van der Waals surface area contributed by atoms with E-state index in [9.17, 15) is 0 Å². The second kappa shape index (κ2) is 13.0. The molecule has 0 heterocycles. The fraction of sp³-hybridized carbons (Fsp3) is 1.00. The molecule has 0 amide bonds. The lowest BCUT2D eigenvalue weighted by molar-refractivity contribution is 0.131. The van der Waals surface area contributed by atoms with E-state index in [2.05, 4.69) is 26.1 Å². The summed E-state index contributed by atoms with van der Waals surface area (Å²) < 4.78 is 5.56. The molecule has 0 bridgehead atoms. The third-order valence-corrected chi connectivity index (χ3v) is 2.71. The molecule has 0 aromatic carbocycles. The van der Waals surface area contributed by atoms with Crippen LogP contribution in [0.2, 0.25) is 0 Å². The van der Waals surface area contributed by atoms with E-state index in [1.807, 2.05) is 0 Å². The van der Waals surface area contributed by atoms with Gasteiger partial charge in [-0.3, -0.25) is 0 Å². The summed E-state index contributed by atoms with van der Waals surface area (Å²) in [6, 6.07) is 0. The van der Waals surface area contributed by atoms with Crippen LogP contribution in [0.5, 0.6) is 0 Å². The average molecular weight is 229 g/mol. The Kier molecular flexibility index (Phi) is 12.9. The third kappa shape index (κ3) is 13.9. The molecule has 0 aliphatic carbocycles. The van der Waals surface area contributed by atoms with Crippen LogP contribution < -0.4 is 5.32 Å². The van der Waals surface area contributed by atoms with Crippen molar-refractivity contribution in [2.24, 2.45) is 5.92 Å². The molecule has 98 valence electrons. The van der Waals surface area contributed by atoms with Gasteiger partial charge in [0.2, 0.25) is 0 Å². The Morgan fingerprint density at radius 2 is 1.69 bits per heavy atom. The number of unbranched alkanes of at least 4 members (excludes halogenated alkanes) is 4. The van der Waals surface area contributed by atoms with Gasteiger partial charge in [-0.05, 0) is 25.3 Å². The first-order valence-electron chi connectivity index (χ1n) is 7.05. The van der Waals surface area contributed by atoms with Crippen LogP contribution >= 0.6 is 0 Å². The topological polar surface area (TPSA) is 21.3 Å². The Hall–Kier alpha value is -0.0800. The van der Waals surface area contributed by atoms with Gasteiger partial charge in [0, 0.05) is 13.2 Å². The number of rotatable bonds is 12. The van der Waals surface area contributed by atoms with Crippen molar-refractivity contribution < 1.29 is 4.74 Å². The summed E-state index contributed by atoms with van der Waals surface area (Å²) >= 11 is 0. The normalized spacial score (nSPS) is 11.2. The van der Waals surface area contributed by atoms with E-state index >= 15 is 0 Å². The largest absolute Gasteiger partial charge is 0.380 e. The summed E-state index contributed by atoms with van der Waals surface area (Å²) in [6.07, 6.45) is 7.88. The van der Waals surface area contributed by atoms with E-state index < -0.39 is 0 Å². The highest BCUT2D eigenvalue weighted by Gasteiger charge is 1.93. The zero-order valence-electron chi connectivity index (χ0n) is 11.6. The number of nitrogens with one attached hydrogen (secondary N) is 1. The predicted octanol–water partition coefficient (Wildman–Crippen LogP) is 3.61. The highest BCUT2D eigenvalue weighted by Crippen LogP contribution is 2.02. The summed E-state index contributed by atoms with van der Waals surface area (Å²) in [6.45, 7) is 10.7. The van der Waals surface area contributed by atoms with Crippen molar-refractivity contribution in [1.29, 1.82) is 0 Å². The average Bonchev–Trinajstić information content (AvgIpc) is 2.25. The van der Waals surface area contributed by atoms with E-state index in [-0.39, 0.29) is 0 Å².